The highest BCUT2D eigenvalue weighted by Crippen LogP contribution is 2.45. The van der Waals surface area contributed by atoms with Crippen molar-refractivity contribution in [3.05, 3.63) is 176 Å². The maximum atomic E-state index is 6.83. The third-order valence-corrected chi connectivity index (χ3v) is 11.2. The Hall–Kier alpha value is -7.30. The molecule has 3 heterocycles. The molecule has 0 N–H and O–H groups in total. The van der Waals surface area contributed by atoms with E-state index in [0.717, 1.165) is 82.4 Å². The molecule has 0 aliphatic heterocycles. The van der Waals surface area contributed by atoms with Crippen LogP contribution >= 0.6 is 0 Å². The van der Waals surface area contributed by atoms with Crippen LogP contribution in [0.15, 0.2) is 180 Å². The summed E-state index contributed by atoms with van der Waals surface area (Å²) < 4.78 is 9.12. The molecule has 264 valence electrons. The van der Waals surface area contributed by atoms with Gasteiger partial charge >= 0.3 is 0 Å². The summed E-state index contributed by atoms with van der Waals surface area (Å²) in [6, 6.07) is 62.3. The van der Waals surface area contributed by atoms with Gasteiger partial charge in [-0.3, -0.25) is 4.57 Å². The Morgan fingerprint density at radius 2 is 1.02 bits per heavy atom. The van der Waals surface area contributed by atoms with Gasteiger partial charge in [0.1, 0.15) is 11.2 Å². The van der Waals surface area contributed by atoms with Gasteiger partial charge in [-0.15, -0.1) is 0 Å². The fourth-order valence-corrected chi connectivity index (χ4v) is 8.81. The van der Waals surface area contributed by atoms with Crippen molar-refractivity contribution in [2.45, 2.75) is 13.8 Å². The number of para-hydroxylation sites is 2. The second kappa shape index (κ2) is 12.6. The van der Waals surface area contributed by atoms with E-state index in [1.807, 2.05) is 13.8 Å². The smallest absolute Gasteiger partial charge is 0.235 e. The van der Waals surface area contributed by atoms with Gasteiger partial charge in [0.2, 0.25) is 5.95 Å². The van der Waals surface area contributed by atoms with Crippen LogP contribution in [0, 0.1) is 0 Å². The number of fused-ring (bicyclic) bond motifs is 13. The van der Waals surface area contributed by atoms with Crippen molar-refractivity contribution in [3.8, 4) is 28.3 Å². The van der Waals surface area contributed by atoms with Crippen LogP contribution < -0.4 is 0 Å². The molecule has 4 heteroatoms. The Kier molecular flexibility index (Phi) is 7.26. The zero-order chi connectivity index (χ0) is 37.3. The summed E-state index contributed by atoms with van der Waals surface area (Å²) in [7, 11) is 0. The Balaban J connectivity index is 0.00000179. The lowest BCUT2D eigenvalue weighted by Crippen LogP contribution is -2.04. The fraction of sp³-hybridized carbons (Fsp3) is 0.0385. The van der Waals surface area contributed by atoms with E-state index in [2.05, 4.69) is 180 Å². The standard InChI is InChI=1S/C50H29N3O.C2H6/c1-2-15-33(16-3-1)46-41-27-24-32-14-6-9-19-36(32)47(41)52-50(51-46)53-42-28-25-30-12-4-7-17-34(30)44(42)39-22-10-20-37(48(39)53)38-21-11-23-40-45-35-18-8-5-13-31(35)26-29-43(45)54-49(38)40;1-2/h1-29H;1-2H3. The highest BCUT2D eigenvalue weighted by atomic mass is 16.3. The first-order valence-corrected chi connectivity index (χ1v) is 19.3. The predicted molar refractivity (Wildman–Crippen MR) is 236 cm³/mol. The van der Waals surface area contributed by atoms with Crippen molar-refractivity contribution < 1.29 is 4.42 Å². The lowest BCUT2D eigenvalue weighted by atomic mass is 9.97. The number of furan rings is 1. The monoisotopic (exact) mass is 717 g/mol. The molecule has 0 radical (unpaired) electrons. The summed E-state index contributed by atoms with van der Waals surface area (Å²) in [6.45, 7) is 4.00. The van der Waals surface area contributed by atoms with E-state index in [1.165, 1.54) is 26.9 Å². The molecule has 3 aromatic heterocycles. The SMILES string of the molecule is CC.c1ccc(-c2nc(-n3c4ccc5ccccc5c4c4cccc(-c5cccc6c5oc5ccc7ccccc7c56)c43)nc3c2ccc2ccccc23)cc1. The van der Waals surface area contributed by atoms with E-state index in [9.17, 15) is 0 Å². The summed E-state index contributed by atoms with van der Waals surface area (Å²) >= 11 is 0. The van der Waals surface area contributed by atoms with Crippen molar-refractivity contribution in [1.29, 1.82) is 0 Å². The Morgan fingerprint density at radius 1 is 0.429 bits per heavy atom. The zero-order valence-corrected chi connectivity index (χ0v) is 31.0. The number of nitrogens with zero attached hydrogens (tertiary/aromatic N) is 3. The van der Waals surface area contributed by atoms with E-state index in [1.54, 1.807) is 0 Å². The Labute approximate surface area is 322 Å². The first-order valence-electron chi connectivity index (χ1n) is 19.3. The maximum Gasteiger partial charge on any atom is 0.235 e. The molecule has 0 aliphatic carbocycles. The van der Waals surface area contributed by atoms with Crippen LogP contribution in [0.1, 0.15) is 13.8 Å². The van der Waals surface area contributed by atoms with Gasteiger partial charge in [-0.1, -0.05) is 172 Å². The lowest BCUT2D eigenvalue weighted by Gasteiger charge is -2.15. The maximum absolute atomic E-state index is 6.83. The van der Waals surface area contributed by atoms with Gasteiger partial charge in [-0.05, 0) is 45.1 Å². The second-order valence-corrected chi connectivity index (χ2v) is 14.1. The molecule has 0 aliphatic rings. The molecule has 12 rings (SSSR count). The number of aromatic nitrogens is 3. The zero-order valence-electron chi connectivity index (χ0n) is 31.0. The average Bonchev–Trinajstić information content (AvgIpc) is 3.84. The van der Waals surface area contributed by atoms with Crippen LogP contribution in [0.4, 0.5) is 0 Å². The highest BCUT2D eigenvalue weighted by Gasteiger charge is 2.24. The van der Waals surface area contributed by atoms with Crippen LogP contribution in [0.3, 0.4) is 0 Å². The van der Waals surface area contributed by atoms with E-state index in [0.29, 0.717) is 5.95 Å². The first-order chi connectivity index (χ1) is 27.8. The Bertz CT molecular complexity index is 3500. The summed E-state index contributed by atoms with van der Waals surface area (Å²) in [5, 5.41) is 12.6. The largest absolute Gasteiger partial charge is 0.455 e. The van der Waals surface area contributed by atoms with E-state index in [4.69, 9.17) is 14.4 Å². The van der Waals surface area contributed by atoms with Gasteiger partial charge in [0, 0.05) is 49.0 Å². The molecule has 0 spiro atoms. The molecule has 0 bridgehead atoms. The topological polar surface area (TPSA) is 43.9 Å². The molecule has 0 atom stereocenters. The molecule has 0 saturated heterocycles. The Morgan fingerprint density at radius 3 is 1.79 bits per heavy atom. The van der Waals surface area contributed by atoms with Gasteiger partial charge in [0.05, 0.1) is 22.2 Å². The van der Waals surface area contributed by atoms with Crippen LogP contribution in [0.2, 0.25) is 0 Å². The molecule has 0 saturated carbocycles. The van der Waals surface area contributed by atoms with Gasteiger partial charge in [0.25, 0.3) is 0 Å². The second-order valence-electron chi connectivity index (χ2n) is 14.1. The van der Waals surface area contributed by atoms with Crippen LogP contribution in [0.25, 0.3) is 115 Å². The quantitative estimate of drug-likeness (QED) is 0.171. The summed E-state index contributed by atoms with van der Waals surface area (Å²) in [4.78, 5) is 11.0. The van der Waals surface area contributed by atoms with E-state index in [-0.39, 0.29) is 0 Å². The van der Waals surface area contributed by atoms with Gasteiger partial charge in [-0.2, -0.15) is 0 Å². The normalized spacial score (nSPS) is 11.8. The summed E-state index contributed by atoms with van der Waals surface area (Å²) in [5.41, 5.74) is 8.81. The number of hydrogen-bond acceptors (Lipinski definition) is 3. The molecule has 0 fully saturated rings. The molecule has 4 nitrogen and oxygen atoms in total. The molecule has 0 amide bonds. The van der Waals surface area contributed by atoms with E-state index >= 15 is 0 Å². The van der Waals surface area contributed by atoms with Crippen molar-refractivity contribution >= 4 is 87.0 Å². The minimum absolute atomic E-state index is 0.628. The van der Waals surface area contributed by atoms with Crippen molar-refractivity contribution in [3.63, 3.8) is 0 Å². The highest BCUT2D eigenvalue weighted by molar-refractivity contribution is 6.25. The fourth-order valence-electron chi connectivity index (χ4n) is 8.81. The van der Waals surface area contributed by atoms with Crippen molar-refractivity contribution in [2.75, 3.05) is 0 Å². The van der Waals surface area contributed by atoms with Gasteiger partial charge in [0.15, 0.2) is 0 Å². The molecular weight excluding hydrogens is 683 g/mol. The number of rotatable bonds is 3. The molecular formula is C52H35N3O. The predicted octanol–water partition coefficient (Wildman–Crippen LogP) is 14.4. The molecule has 0 unspecified atom stereocenters. The van der Waals surface area contributed by atoms with Crippen LogP contribution in [-0.4, -0.2) is 14.5 Å². The van der Waals surface area contributed by atoms with Gasteiger partial charge in [-0.25, -0.2) is 9.97 Å². The van der Waals surface area contributed by atoms with Crippen LogP contribution in [0.5, 0.6) is 0 Å². The van der Waals surface area contributed by atoms with E-state index < -0.39 is 0 Å². The number of benzene rings is 9. The minimum Gasteiger partial charge on any atom is -0.455 e. The molecule has 12 aromatic rings. The van der Waals surface area contributed by atoms with Crippen molar-refractivity contribution in [2.24, 2.45) is 0 Å². The molecule has 56 heavy (non-hydrogen) atoms. The van der Waals surface area contributed by atoms with Gasteiger partial charge < -0.3 is 4.42 Å². The first kappa shape index (κ1) is 32.2. The summed E-state index contributed by atoms with van der Waals surface area (Å²) in [5.74, 6) is 0.628. The third kappa shape index (κ3) is 4.66. The summed E-state index contributed by atoms with van der Waals surface area (Å²) in [6.07, 6.45) is 0. The minimum atomic E-state index is 0.628. The average molecular weight is 718 g/mol. The lowest BCUT2D eigenvalue weighted by molar-refractivity contribution is 0.670. The molecule has 9 aromatic carbocycles. The third-order valence-electron chi connectivity index (χ3n) is 11.2. The van der Waals surface area contributed by atoms with Crippen LogP contribution in [-0.2, 0) is 0 Å². The van der Waals surface area contributed by atoms with Crippen molar-refractivity contribution in [1.82, 2.24) is 14.5 Å². The number of hydrogen-bond donors (Lipinski definition) is 0.